The van der Waals surface area contributed by atoms with E-state index < -0.39 is 5.41 Å². The van der Waals surface area contributed by atoms with E-state index in [0.717, 1.165) is 31.2 Å². The summed E-state index contributed by atoms with van der Waals surface area (Å²) in [5, 5.41) is 12.5. The molecule has 2 fully saturated rings. The van der Waals surface area contributed by atoms with E-state index in [-0.39, 0.29) is 17.7 Å². The Morgan fingerprint density at radius 2 is 2.12 bits per heavy atom. The molecule has 0 aliphatic heterocycles. The summed E-state index contributed by atoms with van der Waals surface area (Å²) in [6.07, 6.45) is 7.78. The first-order valence-corrected chi connectivity index (χ1v) is 9.99. The number of nitriles is 1. The van der Waals surface area contributed by atoms with E-state index in [0.29, 0.717) is 40.6 Å². The first-order valence-electron chi connectivity index (χ1n) is 9.18. The van der Waals surface area contributed by atoms with Gasteiger partial charge < -0.3 is 11.1 Å². The number of carbonyl (C=O) groups is 2. The molecule has 1 amide bonds. The minimum atomic E-state index is -0.425. The summed E-state index contributed by atoms with van der Waals surface area (Å²) in [4.78, 5) is 26.6. The van der Waals surface area contributed by atoms with Crippen molar-refractivity contribution >= 4 is 28.0 Å². The SMILES string of the molecule is N#CCCC1(CC2CC2)CCc2c(sc(N)c2C(=O)NC2CC2)C1=O. The van der Waals surface area contributed by atoms with Crippen LogP contribution in [0.25, 0.3) is 0 Å². The van der Waals surface area contributed by atoms with Crippen molar-refractivity contribution in [2.75, 3.05) is 5.73 Å². The number of hydrogen-bond donors (Lipinski definition) is 2. The molecule has 1 atom stereocenters. The summed E-state index contributed by atoms with van der Waals surface area (Å²) >= 11 is 1.27. The van der Waals surface area contributed by atoms with Gasteiger partial charge in [0.1, 0.15) is 0 Å². The Hall–Kier alpha value is -1.87. The predicted molar refractivity (Wildman–Crippen MR) is 96.5 cm³/mol. The molecule has 0 saturated heterocycles. The first kappa shape index (κ1) is 16.6. The zero-order valence-corrected chi connectivity index (χ0v) is 15.1. The number of nitrogen functional groups attached to an aromatic ring is 1. The van der Waals surface area contributed by atoms with E-state index in [1.165, 1.54) is 24.2 Å². The van der Waals surface area contributed by atoms with Crippen LogP contribution in [0.1, 0.15) is 77.0 Å². The Morgan fingerprint density at radius 1 is 1.36 bits per heavy atom. The van der Waals surface area contributed by atoms with Crippen molar-refractivity contribution in [1.29, 1.82) is 5.26 Å². The smallest absolute Gasteiger partial charge is 0.254 e. The molecule has 0 spiro atoms. The number of fused-ring (bicyclic) bond motifs is 1. The molecule has 1 unspecified atom stereocenters. The van der Waals surface area contributed by atoms with Crippen LogP contribution >= 0.6 is 11.3 Å². The van der Waals surface area contributed by atoms with Crippen molar-refractivity contribution in [1.82, 2.24) is 5.32 Å². The normalized spacial score (nSPS) is 25.3. The average molecular weight is 357 g/mol. The minimum absolute atomic E-state index is 0.123. The highest BCUT2D eigenvalue weighted by molar-refractivity contribution is 7.18. The summed E-state index contributed by atoms with van der Waals surface area (Å²) in [6, 6.07) is 2.47. The van der Waals surface area contributed by atoms with Crippen LogP contribution in [0.3, 0.4) is 0 Å². The summed E-state index contributed by atoms with van der Waals surface area (Å²) in [5.74, 6) is 0.620. The maximum atomic E-state index is 13.3. The number of carbonyl (C=O) groups excluding carboxylic acids is 2. The highest BCUT2D eigenvalue weighted by atomic mass is 32.1. The molecule has 1 heterocycles. The molecule has 5 nitrogen and oxygen atoms in total. The molecule has 6 heteroatoms. The Labute approximate surface area is 151 Å². The number of hydrogen-bond acceptors (Lipinski definition) is 5. The van der Waals surface area contributed by atoms with Gasteiger partial charge in [-0.3, -0.25) is 9.59 Å². The lowest BCUT2D eigenvalue weighted by Gasteiger charge is -2.35. The molecule has 1 aromatic heterocycles. The second-order valence-electron chi connectivity index (χ2n) is 7.81. The van der Waals surface area contributed by atoms with Gasteiger partial charge in [-0.1, -0.05) is 12.8 Å². The molecule has 132 valence electrons. The maximum Gasteiger partial charge on any atom is 0.254 e. The van der Waals surface area contributed by atoms with Crippen LogP contribution in [0, 0.1) is 22.7 Å². The van der Waals surface area contributed by atoms with Gasteiger partial charge in [-0.15, -0.1) is 11.3 Å². The van der Waals surface area contributed by atoms with Gasteiger partial charge in [0.25, 0.3) is 5.91 Å². The molecule has 0 radical (unpaired) electrons. The van der Waals surface area contributed by atoms with Gasteiger partial charge in [-0.05, 0) is 50.0 Å². The van der Waals surface area contributed by atoms with Gasteiger partial charge in [-0.25, -0.2) is 0 Å². The number of nitrogens with one attached hydrogen (secondary N) is 1. The van der Waals surface area contributed by atoms with Crippen LogP contribution in [-0.4, -0.2) is 17.7 Å². The van der Waals surface area contributed by atoms with Gasteiger partial charge in [0.05, 0.1) is 21.5 Å². The van der Waals surface area contributed by atoms with E-state index in [2.05, 4.69) is 11.4 Å². The van der Waals surface area contributed by atoms with Crippen LogP contribution in [0.15, 0.2) is 0 Å². The second-order valence-corrected chi connectivity index (χ2v) is 8.86. The molecular formula is C19H23N3O2S. The van der Waals surface area contributed by atoms with Crippen LogP contribution in [-0.2, 0) is 6.42 Å². The lowest BCUT2D eigenvalue weighted by Crippen LogP contribution is -2.37. The van der Waals surface area contributed by atoms with Crippen molar-refractivity contribution in [3.8, 4) is 6.07 Å². The first-order chi connectivity index (χ1) is 12.0. The number of ketones is 1. The van der Waals surface area contributed by atoms with Gasteiger partial charge in [0, 0.05) is 17.9 Å². The number of nitrogens with two attached hydrogens (primary N) is 1. The fraction of sp³-hybridized carbons (Fsp3) is 0.632. The van der Waals surface area contributed by atoms with Gasteiger partial charge >= 0.3 is 0 Å². The van der Waals surface area contributed by atoms with Crippen LogP contribution in [0.4, 0.5) is 5.00 Å². The Balaban J connectivity index is 1.65. The minimum Gasteiger partial charge on any atom is -0.390 e. The van der Waals surface area contributed by atoms with E-state index in [1.54, 1.807) is 0 Å². The largest absolute Gasteiger partial charge is 0.390 e. The van der Waals surface area contributed by atoms with Crippen molar-refractivity contribution in [3.63, 3.8) is 0 Å². The zero-order chi connectivity index (χ0) is 17.6. The lowest BCUT2D eigenvalue weighted by atomic mass is 9.67. The molecule has 1 aromatic rings. The molecule has 2 saturated carbocycles. The number of thiophene rings is 1. The molecule has 0 aromatic carbocycles. The number of rotatable bonds is 6. The quantitative estimate of drug-likeness (QED) is 0.815. The standard InChI is InChI=1S/C19H23N3O2S/c20-9-1-7-19(10-11-2-3-11)8-6-13-14(18(24)22-12-4-5-12)17(21)25-15(13)16(19)23/h11-12H,1-8,10,21H2,(H,22,24). The van der Waals surface area contributed by atoms with Crippen molar-refractivity contribution < 1.29 is 9.59 Å². The third kappa shape index (κ3) is 3.06. The molecule has 4 rings (SSSR count). The average Bonchev–Trinajstić information content (AvgIpc) is 3.50. The number of nitrogens with zero attached hydrogens (tertiary/aromatic N) is 1. The summed E-state index contributed by atoms with van der Waals surface area (Å²) in [5.41, 5.74) is 7.08. The highest BCUT2D eigenvalue weighted by Gasteiger charge is 2.47. The third-order valence-corrected chi connectivity index (χ3v) is 6.87. The van der Waals surface area contributed by atoms with E-state index in [9.17, 15) is 9.59 Å². The molecular weight excluding hydrogens is 334 g/mol. The van der Waals surface area contributed by atoms with Crippen LogP contribution in [0.2, 0.25) is 0 Å². The van der Waals surface area contributed by atoms with Crippen LogP contribution in [0.5, 0.6) is 0 Å². The Kier molecular flexibility index (Phi) is 4.07. The van der Waals surface area contributed by atoms with Crippen LogP contribution < -0.4 is 11.1 Å². The third-order valence-electron chi connectivity index (χ3n) is 5.81. The fourth-order valence-electron chi connectivity index (χ4n) is 4.06. The van der Waals surface area contributed by atoms with E-state index in [4.69, 9.17) is 11.0 Å². The summed E-state index contributed by atoms with van der Waals surface area (Å²) in [6.45, 7) is 0. The van der Waals surface area contributed by atoms with Crippen molar-refractivity contribution in [2.45, 2.75) is 63.8 Å². The Morgan fingerprint density at radius 3 is 2.76 bits per heavy atom. The lowest BCUT2D eigenvalue weighted by molar-refractivity contribution is 0.0713. The highest BCUT2D eigenvalue weighted by Crippen LogP contribution is 2.51. The predicted octanol–water partition coefficient (Wildman–Crippen LogP) is 3.44. The molecule has 25 heavy (non-hydrogen) atoms. The zero-order valence-electron chi connectivity index (χ0n) is 14.3. The molecule has 3 aliphatic rings. The van der Waals surface area contributed by atoms with Gasteiger partial charge in [0.15, 0.2) is 5.78 Å². The van der Waals surface area contributed by atoms with Crippen molar-refractivity contribution in [3.05, 3.63) is 16.0 Å². The summed E-state index contributed by atoms with van der Waals surface area (Å²) in [7, 11) is 0. The number of anilines is 1. The van der Waals surface area contributed by atoms with E-state index >= 15 is 0 Å². The Bertz CT molecular complexity index is 770. The molecule has 3 N–H and O–H groups in total. The monoisotopic (exact) mass is 357 g/mol. The van der Waals surface area contributed by atoms with Crippen molar-refractivity contribution in [2.24, 2.45) is 11.3 Å². The maximum absolute atomic E-state index is 13.3. The van der Waals surface area contributed by atoms with E-state index in [1.807, 2.05) is 0 Å². The summed E-state index contributed by atoms with van der Waals surface area (Å²) < 4.78 is 0. The number of Topliss-reactive ketones (excluding diaryl/α,β-unsaturated/α-hetero) is 1. The van der Waals surface area contributed by atoms with Gasteiger partial charge in [0.2, 0.25) is 0 Å². The topological polar surface area (TPSA) is 96.0 Å². The van der Waals surface area contributed by atoms with Gasteiger partial charge in [-0.2, -0.15) is 5.26 Å². The number of amides is 1. The fourth-order valence-corrected chi connectivity index (χ4v) is 5.24. The second kappa shape index (κ2) is 6.14. The molecule has 3 aliphatic carbocycles. The molecule has 0 bridgehead atoms.